The SMILES string of the molecule is CC1(C)[C@@H](O)C[C@H]1Nc1nc(NCCc2ccc(F)cc2)ncc1C#N. The van der Waals surface area contributed by atoms with Crippen molar-refractivity contribution in [3.05, 3.63) is 47.4 Å². The van der Waals surface area contributed by atoms with Gasteiger partial charge in [-0.1, -0.05) is 26.0 Å². The Labute approximate surface area is 152 Å². The van der Waals surface area contributed by atoms with E-state index in [1.54, 1.807) is 12.1 Å². The van der Waals surface area contributed by atoms with Gasteiger partial charge in [0.15, 0.2) is 0 Å². The van der Waals surface area contributed by atoms with E-state index in [0.29, 0.717) is 36.7 Å². The van der Waals surface area contributed by atoms with E-state index in [9.17, 15) is 14.8 Å². The van der Waals surface area contributed by atoms with Crippen molar-refractivity contribution in [2.45, 2.75) is 38.8 Å². The highest BCUT2D eigenvalue weighted by molar-refractivity contribution is 5.54. The molecular formula is C19H22FN5O. The van der Waals surface area contributed by atoms with E-state index in [2.05, 4.69) is 26.7 Å². The van der Waals surface area contributed by atoms with Crippen LogP contribution in [0.4, 0.5) is 16.2 Å². The summed E-state index contributed by atoms with van der Waals surface area (Å²) in [6.07, 6.45) is 2.45. The normalized spacial score (nSPS) is 20.7. The quantitative estimate of drug-likeness (QED) is 0.738. The lowest BCUT2D eigenvalue weighted by atomic mass is 9.64. The summed E-state index contributed by atoms with van der Waals surface area (Å²) in [5.74, 6) is 0.639. The molecular weight excluding hydrogens is 333 g/mol. The van der Waals surface area contributed by atoms with Crippen molar-refractivity contribution < 1.29 is 9.50 Å². The van der Waals surface area contributed by atoms with E-state index in [0.717, 1.165) is 5.56 Å². The monoisotopic (exact) mass is 355 g/mol. The zero-order valence-electron chi connectivity index (χ0n) is 14.8. The predicted octanol–water partition coefficient (Wildman–Crippen LogP) is 2.71. The van der Waals surface area contributed by atoms with Crippen LogP contribution in [0.1, 0.15) is 31.4 Å². The zero-order valence-corrected chi connectivity index (χ0v) is 14.8. The topological polar surface area (TPSA) is 93.9 Å². The smallest absolute Gasteiger partial charge is 0.224 e. The number of hydrogen-bond acceptors (Lipinski definition) is 6. The molecule has 1 saturated carbocycles. The van der Waals surface area contributed by atoms with Crippen molar-refractivity contribution in [1.29, 1.82) is 5.26 Å². The third-order valence-electron chi connectivity index (χ3n) is 5.05. The molecule has 136 valence electrons. The van der Waals surface area contributed by atoms with Crippen LogP contribution in [0.3, 0.4) is 0 Å². The molecule has 7 heteroatoms. The number of aliphatic hydroxyl groups excluding tert-OH is 1. The molecule has 1 aliphatic carbocycles. The summed E-state index contributed by atoms with van der Waals surface area (Å²) >= 11 is 0. The molecule has 2 aromatic rings. The maximum absolute atomic E-state index is 12.9. The first-order valence-corrected chi connectivity index (χ1v) is 8.60. The Hall–Kier alpha value is -2.72. The summed E-state index contributed by atoms with van der Waals surface area (Å²) in [7, 11) is 0. The van der Waals surface area contributed by atoms with Crippen LogP contribution in [0.2, 0.25) is 0 Å². The van der Waals surface area contributed by atoms with Crippen molar-refractivity contribution in [3.63, 3.8) is 0 Å². The van der Waals surface area contributed by atoms with Crippen LogP contribution >= 0.6 is 0 Å². The molecule has 1 aromatic heterocycles. The number of benzene rings is 1. The maximum Gasteiger partial charge on any atom is 0.224 e. The standard InChI is InChI=1S/C19H22FN5O/c1-19(2)15(9-16(19)26)24-17-13(10-21)11-23-18(25-17)22-8-7-12-3-5-14(20)6-4-12/h3-6,11,15-16,26H,7-9H2,1-2H3,(H2,22,23,24,25)/t15-,16+/m1/s1. The van der Waals surface area contributed by atoms with Gasteiger partial charge in [0.1, 0.15) is 23.3 Å². The number of hydrogen-bond donors (Lipinski definition) is 3. The molecule has 1 heterocycles. The van der Waals surface area contributed by atoms with E-state index in [4.69, 9.17) is 0 Å². The summed E-state index contributed by atoms with van der Waals surface area (Å²) in [6.45, 7) is 4.55. The first-order valence-electron chi connectivity index (χ1n) is 8.60. The summed E-state index contributed by atoms with van der Waals surface area (Å²) in [6, 6.07) is 8.49. The molecule has 6 nitrogen and oxygen atoms in total. The highest BCUT2D eigenvalue weighted by Crippen LogP contribution is 2.42. The van der Waals surface area contributed by atoms with Gasteiger partial charge in [0.05, 0.1) is 12.3 Å². The largest absolute Gasteiger partial charge is 0.392 e. The highest BCUT2D eigenvalue weighted by Gasteiger charge is 2.47. The average molecular weight is 355 g/mol. The van der Waals surface area contributed by atoms with Gasteiger partial charge in [-0.3, -0.25) is 0 Å². The molecule has 0 amide bonds. The molecule has 0 saturated heterocycles. The van der Waals surface area contributed by atoms with Gasteiger partial charge in [-0.05, 0) is 30.5 Å². The second-order valence-electron chi connectivity index (χ2n) is 7.14. The van der Waals surface area contributed by atoms with Gasteiger partial charge in [0.2, 0.25) is 5.95 Å². The van der Waals surface area contributed by atoms with Gasteiger partial charge < -0.3 is 15.7 Å². The minimum absolute atomic E-state index is 0.0477. The van der Waals surface area contributed by atoms with Gasteiger partial charge in [-0.25, -0.2) is 9.37 Å². The molecule has 3 rings (SSSR count). The Morgan fingerprint density at radius 1 is 1.35 bits per heavy atom. The van der Waals surface area contributed by atoms with E-state index in [-0.39, 0.29) is 23.4 Å². The number of nitriles is 1. The third-order valence-corrected chi connectivity index (χ3v) is 5.05. The van der Waals surface area contributed by atoms with Crippen molar-refractivity contribution in [2.75, 3.05) is 17.2 Å². The lowest BCUT2D eigenvalue weighted by molar-refractivity contribution is -0.0511. The zero-order chi connectivity index (χ0) is 18.7. The van der Waals surface area contributed by atoms with Crippen LogP contribution in [-0.2, 0) is 6.42 Å². The van der Waals surface area contributed by atoms with E-state index in [1.165, 1.54) is 18.3 Å². The Morgan fingerprint density at radius 3 is 2.69 bits per heavy atom. The van der Waals surface area contributed by atoms with Gasteiger partial charge in [-0.2, -0.15) is 10.2 Å². The number of rotatable bonds is 6. The molecule has 1 aliphatic rings. The van der Waals surface area contributed by atoms with Crippen LogP contribution in [-0.4, -0.2) is 33.8 Å². The van der Waals surface area contributed by atoms with Gasteiger partial charge >= 0.3 is 0 Å². The van der Waals surface area contributed by atoms with Gasteiger partial charge in [-0.15, -0.1) is 0 Å². The highest BCUT2D eigenvalue weighted by atomic mass is 19.1. The predicted molar refractivity (Wildman–Crippen MR) is 97.2 cm³/mol. The fourth-order valence-electron chi connectivity index (χ4n) is 2.94. The van der Waals surface area contributed by atoms with E-state index in [1.807, 2.05) is 13.8 Å². The summed E-state index contributed by atoms with van der Waals surface area (Å²) in [5, 5.41) is 25.5. The molecule has 0 spiro atoms. The van der Waals surface area contributed by atoms with Gasteiger partial charge in [0, 0.05) is 18.0 Å². The first-order chi connectivity index (χ1) is 12.4. The lowest BCUT2D eigenvalue weighted by Crippen LogP contribution is -2.57. The van der Waals surface area contributed by atoms with E-state index >= 15 is 0 Å². The van der Waals surface area contributed by atoms with Crippen LogP contribution in [0.15, 0.2) is 30.5 Å². The Bertz CT molecular complexity index is 816. The second kappa shape index (κ2) is 7.26. The minimum Gasteiger partial charge on any atom is -0.392 e. The lowest BCUT2D eigenvalue weighted by Gasteiger charge is -2.49. The van der Waals surface area contributed by atoms with Crippen LogP contribution in [0, 0.1) is 22.6 Å². The van der Waals surface area contributed by atoms with E-state index < -0.39 is 0 Å². The van der Waals surface area contributed by atoms with Crippen molar-refractivity contribution in [1.82, 2.24) is 9.97 Å². The first kappa shape index (κ1) is 18.1. The molecule has 0 aliphatic heterocycles. The molecule has 0 unspecified atom stereocenters. The molecule has 0 bridgehead atoms. The van der Waals surface area contributed by atoms with Crippen molar-refractivity contribution in [2.24, 2.45) is 5.41 Å². The average Bonchev–Trinajstić information content (AvgIpc) is 2.63. The molecule has 26 heavy (non-hydrogen) atoms. The number of nitrogens with zero attached hydrogens (tertiary/aromatic N) is 3. The van der Waals surface area contributed by atoms with Crippen LogP contribution < -0.4 is 10.6 Å². The fourth-order valence-corrected chi connectivity index (χ4v) is 2.94. The number of aromatic nitrogens is 2. The Morgan fingerprint density at radius 2 is 2.08 bits per heavy atom. The number of anilines is 2. The fraction of sp³-hybridized carbons (Fsp3) is 0.421. The summed E-state index contributed by atoms with van der Waals surface area (Å²) < 4.78 is 12.9. The summed E-state index contributed by atoms with van der Waals surface area (Å²) in [5.41, 5.74) is 1.11. The molecule has 1 aromatic carbocycles. The summed E-state index contributed by atoms with van der Waals surface area (Å²) in [4.78, 5) is 8.57. The van der Waals surface area contributed by atoms with Crippen molar-refractivity contribution in [3.8, 4) is 6.07 Å². The van der Waals surface area contributed by atoms with Crippen LogP contribution in [0.25, 0.3) is 0 Å². The Balaban J connectivity index is 1.63. The number of aliphatic hydroxyl groups is 1. The Kier molecular flexibility index (Phi) is 5.05. The molecule has 0 radical (unpaired) electrons. The molecule has 3 N–H and O–H groups in total. The number of nitrogens with one attached hydrogen (secondary N) is 2. The number of halogens is 1. The molecule has 2 atom stereocenters. The molecule has 1 fully saturated rings. The second-order valence-corrected chi connectivity index (χ2v) is 7.14. The van der Waals surface area contributed by atoms with Crippen molar-refractivity contribution >= 4 is 11.8 Å². The van der Waals surface area contributed by atoms with Gasteiger partial charge in [0.25, 0.3) is 0 Å². The van der Waals surface area contributed by atoms with Crippen LogP contribution in [0.5, 0.6) is 0 Å². The third kappa shape index (κ3) is 3.75. The maximum atomic E-state index is 12.9. The minimum atomic E-state index is -0.360.